The quantitative estimate of drug-likeness (QED) is 0.727. The minimum atomic E-state index is 1.13. The van der Waals surface area contributed by atoms with E-state index in [2.05, 4.69) is 75.6 Å². The minimum Gasteiger partial charge on any atom is -0.287 e. The Kier molecular flexibility index (Phi) is 4.53. The average Bonchev–Trinajstić information content (AvgIpc) is 2.52. The lowest BCUT2D eigenvalue weighted by molar-refractivity contribution is 0.434. The van der Waals surface area contributed by atoms with Crippen LogP contribution in [-0.2, 0) is 0 Å². The fraction of sp³-hybridized carbons (Fsp3) is 0.263. The number of piperidine rings is 1. The first-order chi connectivity index (χ1) is 10.2. The molecule has 1 aliphatic heterocycles. The normalized spacial score (nSPS) is 16.0. The second-order valence-electron chi connectivity index (χ2n) is 5.75. The van der Waals surface area contributed by atoms with Crippen molar-refractivity contribution in [2.24, 2.45) is 0 Å². The first-order valence-electron chi connectivity index (χ1n) is 7.58. The van der Waals surface area contributed by atoms with Gasteiger partial charge in [-0.05, 0) is 36.5 Å². The zero-order valence-corrected chi connectivity index (χ0v) is 13.7. The van der Waals surface area contributed by atoms with Crippen LogP contribution in [0.2, 0.25) is 0 Å². The van der Waals surface area contributed by atoms with Crippen molar-refractivity contribution >= 4 is 15.0 Å². The molecule has 0 radical (unpaired) electrons. The Morgan fingerprint density at radius 2 is 1.43 bits per heavy atom. The molecule has 21 heavy (non-hydrogen) atoms. The Morgan fingerprint density at radius 1 is 0.857 bits per heavy atom. The van der Waals surface area contributed by atoms with Crippen molar-refractivity contribution in [3.05, 3.63) is 76.9 Å². The summed E-state index contributed by atoms with van der Waals surface area (Å²) in [5, 5.41) is 0. The topological polar surface area (TPSA) is 3.24 Å². The number of aryl methyl sites for hydroxylation is 1. The monoisotopic (exact) mass is 295 g/mol. The van der Waals surface area contributed by atoms with Gasteiger partial charge in [0, 0.05) is 13.1 Å². The molecular weight excluding hydrogens is 273 g/mol. The van der Waals surface area contributed by atoms with Crippen LogP contribution in [0, 0.1) is 6.92 Å². The van der Waals surface area contributed by atoms with Crippen LogP contribution in [0.3, 0.4) is 0 Å². The molecule has 1 atom stereocenters. The average molecular weight is 295 g/mol. The highest BCUT2D eigenvalue weighted by Gasteiger charge is 2.16. The molecule has 1 heterocycles. The van der Waals surface area contributed by atoms with Crippen LogP contribution in [0.1, 0.15) is 29.5 Å². The molecule has 2 aromatic carbocycles. The maximum absolute atomic E-state index is 2.83. The highest BCUT2D eigenvalue weighted by atomic mass is 31.0. The van der Waals surface area contributed by atoms with E-state index in [4.69, 9.17) is 0 Å². The van der Waals surface area contributed by atoms with Crippen LogP contribution in [0.5, 0.6) is 0 Å². The summed E-state index contributed by atoms with van der Waals surface area (Å²) in [6.07, 6.45) is 2.31. The standard InChI is InChI=1S/C19H22NP/c1-15-7-9-17(10-8-15)19(16-5-3-2-4-6-16)18-11-13-20(21)14-12-18/h2-10H,11-14,21H2,1H3. The molecule has 108 valence electrons. The van der Waals surface area contributed by atoms with Crippen LogP contribution < -0.4 is 0 Å². The molecule has 0 bridgehead atoms. The van der Waals surface area contributed by atoms with E-state index in [1.807, 2.05) is 0 Å². The van der Waals surface area contributed by atoms with Gasteiger partial charge in [0.1, 0.15) is 0 Å². The van der Waals surface area contributed by atoms with Gasteiger partial charge in [0.25, 0.3) is 0 Å². The van der Waals surface area contributed by atoms with Crippen molar-refractivity contribution in [1.29, 1.82) is 0 Å². The summed E-state index contributed by atoms with van der Waals surface area (Å²) in [4.78, 5) is 0. The Balaban J connectivity index is 2.07. The second kappa shape index (κ2) is 6.56. The van der Waals surface area contributed by atoms with Gasteiger partial charge >= 0.3 is 0 Å². The number of benzene rings is 2. The maximum Gasteiger partial charge on any atom is 0.00539 e. The molecule has 0 spiro atoms. The van der Waals surface area contributed by atoms with E-state index in [1.165, 1.54) is 22.3 Å². The van der Waals surface area contributed by atoms with Gasteiger partial charge in [0.05, 0.1) is 0 Å². The summed E-state index contributed by atoms with van der Waals surface area (Å²) in [6, 6.07) is 19.8. The van der Waals surface area contributed by atoms with Crippen LogP contribution in [0.25, 0.3) is 5.57 Å². The zero-order chi connectivity index (χ0) is 14.7. The largest absolute Gasteiger partial charge is 0.287 e. The van der Waals surface area contributed by atoms with Gasteiger partial charge in [0.15, 0.2) is 0 Å². The lowest BCUT2D eigenvalue weighted by atomic mass is 9.88. The maximum atomic E-state index is 2.83. The smallest absolute Gasteiger partial charge is 0.00539 e. The first-order valence-corrected chi connectivity index (χ1v) is 8.10. The SMILES string of the molecule is Cc1ccc(C(=C2CCN(P)CC2)c2ccccc2)cc1. The summed E-state index contributed by atoms with van der Waals surface area (Å²) in [6.45, 7) is 4.40. The van der Waals surface area contributed by atoms with Crippen LogP contribution in [-0.4, -0.2) is 17.8 Å². The van der Waals surface area contributed by atoms with Crippen molar-refractivity contribution in [3.63, 3.8) is 0 Å². The molecule has 0 aromatic heterocycles. The fourth-order valence-electron chi connectivity index (χ4n) is 2.94. The van der Waals surface area contributed by atoms with Crippen molar-refractivity contribution in [2.75, 3.05) is 13.1 Å². The van der Waals surface area contributed by atoms with Crippen molar-refractivity contribution in [3.8, 4) is 0 Å². The molecule has 0 aliphatic carbocycles. The molecule has 0 amide bonds. The predicted octanol–water partition coefficient (Wildman–Crippen LogP) is 4.68. The van der Waals surface area contributed by atoms with E-state index >= 15 is 0 Å². The van der Waals surface area contributed by atoms with E-state index in [-0.39, 0.29) is 0 Å². The summed E-state index contributed by atoms with van der Waals surface area (Å²) >= 11 is 0. The lowest BCUT2D eigenvalue weighted by Crippen LogP contribution is -2.21. The molecule has 2 heteroatoms. The number of hydrogen-bond donors (Lipinski definition) is 0. The molecule has 1 nitrogen and oxygen atoms in total. The first kappa shape index (κ1) is 14.5. The van der Waals surface area contributed by atoms with Gasteiger partial charge in [-0.25, -0.2) is 0 Å². The van der Waals surface area contributed by atoms with Crippen LogP contribution >= 0.6 is 9.39 Å². The van der Waals surface area contributed by atoms with Gasteiger partial charge in [-0.15, -0.1) is 0 Å². The predicted molar refractivity (Wildman–Crippen MR) is 94.2 cm³/mol. The second-order valence-corrected chi connectivity index (χ2v) is 6.48. The third kappa shape index (κ3) is 3.43. The molecule has 1 fully saturated rings. The van der Waals surface area contributed by atoms with Crippen LogP contribution in [0.4, 0.5) is 0 Å². The Hall–Kier alpha value is -1.43. The number of hydrogen-bond acceptors (Lipinski definition) is 1. The van der Waals surface area contributed by atoms with Crippen LogP contribution in [0.15, 0.2) is 60.2 Å². The Bertz CT molecular complexity index is 618. The van der Waals surface area contributed by atoms with E-state index in [1.54, 1.807) is 5.57 Å². The highest BCUT2D eigenvalue weighted by Crippen LogP contribution is 2.32. The van der Waals surface area contributed by atoms with Crippen molar-refractivity contribution in [1.82, 2.24) is 4.67 Å². The Morgan fingerprint density at radius 3 is 2.05 bits per heavy atom. The number of rotatable bonds is 2. The van der Waals surface area contributed by atoms with E-state index in [0.29, 0.717) is 0 Å². The molecule has 2 aromatic rings. The van der Waals surface area contributed by atoms with Gasteiger partial charge in [-0.1, -0.05) is 75.1 Å². The summed E-state index contributed by atoms with van der Waals surface area (Å²) in [5.41, 5.74) is 7.03. The molecule has 1 unspecified atom stereocenters. The van der Waals surface area contributed by atoms with E-state index in [9.17, 15) is 0 Å². The van der Waals surface area contributed by atoms with Gasteiger partial charge in [0.2, 0.25) is 0 Å². The molecule has 1 saturated heterocycles. The lowest BCUT2D eigenvalue weighted by Gasteiger charge is -2.26. The third-order valence-electron chi connectivity index (χ3n) is 4.16. The Labute approximate surface area is 129 Å². The van der Waals surface area contributed by atoms with Gasteiger partial charge in [-0.3, -0.25) is 4.67 Å². The van der Waals surface area contributed by atoms with Crippen molar-refractivity contribution < 1.29 is 0 Å². The molecular formula is C19H22NP. The number of nitrogens with zero attached hydrogens (tertiary/aromatic N) is 1. The minimum absolute atomic E-state index is 1.13. The molecule has 0 saturated carbocycles. The third-order valence-corrected chi connectivity index (χ3v) is 4.67. The summed E-state index contributed by atoms with van der Waals surface area (Å²) in [5.74, 6) is 0. The fourth-order valence-corrected chi connectivity index (χ4v) is 3.20. The summed E-state index contributed by atoms with van der Waals surface area (Å²) < 4.78 is 2.33. The van der Waals surface area contributed by atoms with E-state index in [0.717, 1.165) is 25.9 Å². The zero-order valence-electron chi connectivity index (χ0n) is 12.5. The highest BCUT2D eigenvalue weighted by molar-refractivity contribution is 7.13. The molecule has 3 rings (SSSR count). The molecule has 0 N–H and O–H groups in total. The molecule has 1 aliphatic rings. The van der Waals surface area contributed by atoms with E-state index < -0.39 is 0 Å². The van der Waals surface area contributed by atoms with Gasteiger partial charge in [-0.2, -0.15) is 0 Å². The summed E-state index contributed by atoms with van der Waals surface area (Å²) in [7, 11) is 2.83. The van der Waals surface area contributed by atoms with Gasteiger partial charge < -0.3 is 0 Å². The van der Waals surface area contributed by atoms with Crippen molar-refractivity contribution in [2.45, 2.75) is 19.8 Å².